The van der Waals surface area contributed by atoms with Gasteiger partial charge in [-0.1, -0.05) is 17.7 Å². The number of hydrogen-bond acceptors (Lipinski definition) is 3. The minimum Gasteiger partial charge on any atom is -0.325 e. The van der Waals surface area contributed by atoms with Crippen LogP contribution in [0.4, 0.5) is 15.8 Å². The molecule has 0 bridgehead atoms. The maximum absolute atomic E-state index is 13.1. The first-order valence-corrected chi connectivity index (χ1v) is 6.74. The lowest BCUT2D eigenvalue weighted by molar-refractivity contribution is -0.114. The maximum Gasteiger partial charge on any atom is 0.255 e. The lowest BCUT2D eigenvalue weighted by Crippen LogP contribution is -2.22. The smallest absolute Gasteiger partial charge is 0.255 e. The molecule has 0 unspecified atom stereocenters. The third-order valence-electron chi connectivity index (χ3n) is 2.77. The number of nitrogens with two attached hydrogens (primary N) is 1. The Morgan fingerprint density at radius 3 is 2.59 bits per heavy atom. The first-order chi connectivity index (χ1) is 10.5. The maximum atomic E-state index is 13.1. The van der Waals surface area contributed by atoms with Crippen LogP contribution < -0.4 is 16.4 Å². The van der Waals surface area contributed by atoms with Gasteiger partial charge in [-0.05, 0) is 36.4 Å². The number of carbonyl (C=O) groups excluding carboxylic acids is 2. The molecule has 4 N–H and O–H groups in total. The van der Waals surface area contributed by atoms with E-state index in [1.807, 2.05) is 0 Å². The highest BCUT2D eigenvalue weighted by Crippen LogP contribution is 2.26. The van der Waals surface area contributed by atoms with E-state index < -0.39 is 11.7 Å². The predicted octanol–water partition coefficient (Wildman–Crippen LogP) is 2.63. The van der Waals surface area contributed by atoms with Crippen LogP contribution in [0, 0.1) is 5.82 Å². The van der Waals surface area contributed by atoms with Crippen LogP contribution in [-0.4, -0.2) is 18.4 Å². The van der Waals surface area contributed by atoms with Crippen LogP contribution in [0.25, 0.3) is 0 Å². The molecule has 0 spiro atoms. The van der Waals surface area contributed by atoms with Crippen molar-refractivity contribution >= 4 is 34.8 Å². The normalized spacial score (nSPS) is 10.1. The summed E-state index contributed by atoms with van der Waals surface area (Å²) in [4.78, 5) is 23.3. The SMILES string of the molecule is NCC(=O)Nc1ccc(Cl)c(NC(=O)c2cccc(F)c2)c1. The fourth-order valence-electron chi connectivity index (χ4n) is 1.74. The van der Waals surface area contributed by atoms with Gasteiger partial charge in [0.15, 0.2) is 0 Å². The van der Waals surface area contributed by atoms with Gasteiger partial charge in [0.25, 0.3) is 5.91 Å². The van der Waals surface area contributed by atoms with Crippen molar-refractivity contribution in [2.24, 2.45) is 5.73 Å². The minimum absolute atomic E-state index is 0.159. The average Bonchev–Trinajstić information content (AvgIpc) is 2.50. The molecule has 0 radical (unpaired) electrons. The summed E-state index contributed by atoms with van der Waals surface area (Å²) in [5.74, 6) is -1.39. The second kappa shape index (κ2) is 7.02. The number of anilines is 2. The van der Waals surface area contributed by atoms with Crippen molar-refractivity contribution in [3.8, 4) is 0 Å². The molecule has 0 saturated heterocycles. The average molecular weight is 322 g/mol. The molecule has 2 aromatic carbocycles. The molecule has 0 atom stereocenters. The van der Waals surface area contributed by atoms with E-state index in [0.717, 1.165) is 6.07 Å². The van der Waals surface area contributed by atoms with Gasteiger partial charge in [0.1, 0.15) is 5.82 Å². The van der Waals surface area contributed by atoms with E-state index in [2.05, 4.69) is 10.6 Å². The Bertz CT molecular complexity index is 722. The Hall–Kier alpha value is -2.44. The van der Waals surface area contributed by atoms with Gasteiger partial charge in [0.2, 0.25) is 5.91 Å². The predicted molar refractivity (Wildman–Crippen MR) is 83.5 cm³/mol. The molecule has 2 amide bonds. The van der Waals surface area contributed by atoms with Crippen LogP contribution in [0.5, 0.6) is 0 Å². The molecular formula is C15H13ClFN3O2. The number of halogens is 2. The van der Waals surface area contributed by atoms with Gasteiger partial charge in [-0.15, -0.1) is 0 Å². The Morgan fingerprint density at radius 2 is 1.91 bits per heavy atom. The van der Waals surface area contributed by atoms with Gasteiger partial charge >= 0.3 is 0 Å². The van der Waals surface area contributed by atoms with Crippen LogP contribution in [0.2, 0.25) is 5.02 Å². The number of amides is 2. The standard InChI is InChI=1S/C15H13ClFN3O2/c16-12-5-4-11(19-14(21)8-18)7-13(12)20-15(22)9-2-1-3-10(17)6-9/h1-7H,8,18H2,(H,19,21)(H,20,22). The summed E-state index contributed by atoms with van der Waals surface area (Å²) in [6.45, 7) is -0.159. The van der Waals surface area contributed by atoms with E-state index in [-0.39, 0.29) is 23.0 Å². The molecule has 0 aromatic heterocycles. The van der Waals surface area contributed by atoms with Gasteiger partial charge < -0.3 is 16.4 Å². The van der Waals surface area contributed by atoms with Crippen molar-refractivity contribution in [2.45, 2.75) is 0 Å². The number of benzene rings is 2. The summed E-state index contributed by atoms with van der Waals surface area (Å²) >= 11 is 6.00. The molecule has 7 heteroatoms. The number of rotatable bonds is 4. The van der Waals surface area contributed by atoms with E-state index in [0.29, 0.717) is 11.4 Å². The Labute approximate surface area is 131 Å². The molecule has 0 fully saturated rings. The monoisotopic (exact) mass is 321 g/mol. The summed E-state index contributed by atoms with van der Waals surface area (Å²) in [7, 11) is 0. The Kier molecular flexibility index (Phi) is 5.08. The van der Waals surface area contributed by atoms with Crippen molar-refractivity contribution in [1.29, 1.82) is 0 Å². The molecule has 2 aromatic rings. The van der Waals surface area contributed by atoms with Crippen LogP contribution in [0.1, 0.15) is 10.4 Å². The van der Waals surface area contributed by atoms with Crippen molar-refractivity contribution in [2.75, 3.05) is 17.2 Å². The fourth-order valence-corrected chi connectivity index (χ4v) is 1.90. The van der Waals surface area contributed by atoms with E-state index in [4.69, 9.17) is 17.3 Å². The Morgan fingerprint density at radius 1 is 1.14 bits per heavy atom. The van der Waals surface area contributed by atoms with E-state index in [1.54, 1.807) is 6.07 Å². The zero-order chi connectivity index (χ0) is 16.1. The molecular weight excluding hydrogens is 309 g/mol. The quantitative estimate of drug-likeness (QED) is 0.809. The first-order valence-electron chi connectivity index (χ1n) is 6.36. The molecule has 0 aliphatic rings. The third kappa shape index (κ3) is 4.03. The summed E-state index contributed by atoms with van der Waals surface area (Å²) in [6.07, 6.45) is 0. The highest BCUT2D eigenvalue weighted by molar-refractivity contribution is 6.34. The summed E-state index contributed by atoms with van der Waals surface area (Å²) in [5.41, 5.74) is 6.11. The van der Waals surface area contributed by atoms with Crippen molar-refractivity contribution in [3.05, 3.63) is 58.9 Å². The minimum atomic E-state index is -0.511. The van der Waals surface area contributed by atoms with E-state index >= 15 is 0 Å². The first kappa shape index (κ1) is 15.9. The third-order valence-corrected chi connectivity index (χ3v) is 3.10. The zero-order valence-electron chi connectivity index (χ0n) is 11.4. The highest BCUT2D eigenvalue weighted by Gasteiger charge is 2.10. The summed E-state index contributed by atoms with van der Waals surface area (Å²) < 4.78 is 13.1. The highest BCUT2D eigenvalue weighted by atomic mass is 35.5. The van der Waals surface area contributed by atoms with Crippen molar-refractivity contribution in [1.82, 2.24) is 0 Å². The molecule has 2 rings (SSSR count). The molecule has 114 valence electrons. The topological polar surface area (TPSA) is 84.2 Å². The summed E-state index contributed by atoms with van der Waals surface area (Å²) in [6, 6.07) is 9.86. The summed E-state index contributed by atoms with van der Waals surface area (Å²) in [5, 5.41) is 5.40. The molecule has 0 heterocycles. The van der Waals surface area contributed by atoms with Crippen LogP contribution >= 0.6 is 11.6 Å². The van der Waals surface area contributed by atoms with Gasteiger partial charge in [-0.3, -0.25) is 9.59 Å². The lowest BCUT2D eigenvalue weighted by Gasteiger charge is -2.10. The molecule has 5 nitrogen and oxygen atoms in total. The van der Waals surface area contributed by atoms with Gasteiger partial charge in [-0.25, -0.2) is 4.39 Å². The molecule has 0 saturated carbocycles. The van der Waals surface area contributed by atoms with E-state index in [9.17, 15) is 14.0 Å². The zero-order valence-corrected chi connectivity index (χ0v) is 12.2. The van der Waals surface area contributed by atoms with Gasteiger partial charge in [0, 0.05) is 11.3 Å². The second-order valence-electron chi connectivity index (χ2n) is 4.41. The molecule has 0 aliphatic heterocycles. The number of hydrogen-bond donors (Lipinski definition) is 3. The van der Waals surface area contributed by atoms with Crippen LogP contribution in [-0.2, 0) is 4.79 Å². The largest absolute Gasteiger partial charge is 0.325 e. The molecule has 22 heavy (non-hydrogen) atoms. The van der Waals surface area contributed by atoms with Gasteiger partial charge in [-0.2, -0.15) is 0 Å². The second-order valence-corrected chi connectivity index (χ2v) is 4.82. The number of carbonyl (C=O) groups is 2. The van der Waals surface area contributed by atoms with Crippen molar-refractivity contribution in [3.63, 3.8) is 0 Å². The van der Waals surface area contributed by atoms with E-state index in [1.165, 1.54) is 30.3 Å². The Balaban J connectivity index is 2.19. The van der Waals surface area contributed by atoms with Crippen molar-refractivity contribution < 1.29 is 14.0 Å². The van der Waals surface area contributed by atoms with Crippen LogP contribution in [0.3, 0.4) is 0 Å². The number of nitrogens with one attached hydrogen (secondary N) is 2. The molecule has 0 aliphatic carbocycles. The van der Waals surface area contributed by atoms with Gasteiger partial charge in [0.05, 0.1) is 17.3 Å². The fraction of sp³-hybridized carbons (Fsp3) is 0.0667. The van der Waals surface area contributed by atoms with Crippen LogP contribution in [0.15, 0.2) is 42.5 Å². The lowest BCUT2D eigenvalue weighted by atomic mass is 10.2.